The predicted molar refractivity (Wildman–Crippen MR) is 135 cm³/mol. The van der Waals surface area contributed by atoms with Crippen molar-refractivity contribution in [3.63, 3.8) is 0 Å². The molecule has 1 heterocycles. The Balaban J connectivity index is 1.95. The number of rotatable bonds is 10. The largest absolute Gasteiger partial charge is 0.461 e. The lowest BCUT2D eigenvalue weighted by atomic mass is 9.81. The predicted octanol–water partition coefficient (Wildman–Crippen LogP) is 6.58. The number of ether oxygens (including phenoxy) is 1. The molecule has 39 heavy (non-hydrogen) atoms. The van der Waals surface area contributed by atoms with Crippen molar-refractivity contribution in [3.8, 4) is 5.75 Å². The second-order valence-electron chi connectivity index (χ2n) is 8.48. The first kappa shape index (κ1) is 28.5. The number of benzene rings is 3. The van der Waals surface area contributed by atoms with Crippen LogP contribution >= 0.6 is 11.6 Å². The summed E-state index contributed by atoms with van der Waals surface area (Å²) in [6, 6.07) is 20.4. The second kappa shape index (κ2) is 11.3. The Hall–Kier alpha value is -3.54. The quantitative estimate of drug-likeness (QED) is 0.215. The van der Waals surface area contributed by atoms with Crippen molar-refractivity contribution in [3.05, 3.63) is 125 Å². The Morgan fingerprint density at radius 3 is 2.28 bits per heavy atom. The highest BCUT2D eigenvalue weighted by Gasteiger charge is 2.45. The van der Waals surface area contributed by atoms with E-state index in [-0.39, 0.29) is 22.7 Å². The van der Waals surface area contributed by atoms with E-state index < -0.39 is 44.6 Å². The third kappa shape index (κ3) is 6.55. The summed E-state index contributed by atoms with van der Waals surface area (Å²) in [7, 11) is -4.50. The van der Waals surface area contributed by atoms with Gasteiger partial charge < -0.3 is 4.74 Å². The van der Waals surface area contributed by atoms with E-state index >= 15 is 0 Å². The van der Waals surface area contributed by atoms with E-state index in [2.05, 4.69) is 14.4 Å². The molecule has 0 bridgehead atoms. The number of halogens is 6. The highest BCUT2D eigenvalue weighted by Crippen LogP contribution is 2.37. The number of hydrogen-bond acceptors (Lipinski definition) is 4. The van der Waals surface area contributed by atoms with Crippen LogP contribution in [0.15, 0.2) is 102 Å². The molecule has 12 heteroatoms. The van der Waals surface area contributed by atoms with E-state index in [9.17, 15) is 30.4 Å². The van der Waals surface area contributed by atoms with Gasteiger partial charge in [0.2, 0.25) is 10.0 Å². The van der Waals surface area contributed by atoms with Gasteiger partial charge in [-0.25, -0.2) is 12.8 Å². The van der Waals surface area contributed by atoms with Crippen molar-refractivity contribution in [2.75, 3.05) is 0 Å². The van der Waals surface area contributed by atoms with Crippen molar-refractivity contribution in [1.82, 2.24) is 9.71 Å². The molecule has 4 aromatic rings. The second-order valence-corrected chi connectivity index (χ2v) is 10.6. The van der Waals surface area contributed by atoms with Crippen LogP contribution in [-0.2, 0) is 22.0 Å². The maximum atomic E-state index is 14.0. The van der Waals surface area contributed by atoms with Crippen LogP contribution in [0.25, 0.3) is 0 Å². The Bertz CT molecular complexity index is 1540. The maximum absolute atomic E-state index is 14.0. The van der Waals surface area contributed by atoms with Crippen molar-refractivity contribution >= 4 is 21.6 Å². The Morgan fingerprint density at radius 1 is 0.923 bits per heavy atom. The fraction of sp³-hybridized carbons (Fsp3) is 0.148. The molecule has 1 atom stereocenters. The SMILES string of the molecule is O=S(=O)(N[C@@](Cc1ccccc1)(c1cccc(OC(F)(F)C(F)F)c1)c1ccc(Cl)cn1)c1cccc(F)c1. The van der Waals surface area contributed by atoms with Gasteiger partial charge in [0.1, 0.15) is 17.1 Å². The zero-order chi connectivity index (χ0) is 28.3. The number of nitrogens with one attached hydrogen (secondary N) is 1. The van der Waals surface area contributed by atoms with Crippen LogP contribution in [0.2, 0.25) is 5.02 Å². The molecule has 0 fully saturated rings. The minimum absolute atomic E-state index is 0.0312. The summed E-state index contributed by atoms with van der Waals surface area (Å²) < 4.78 is 101. The van der Waals surface area contributed by atoms with Gasteiger partial charge in [-0.15, -0.1) is 0 Å². The van der Waals surface area contributed by atoms with E-state index in [1.54, 1.807) is 30.3 Å². The summed E-state index contributed by atoms with van der Waals surface area (Å²) in [5.74, 6) is -1.45. The van der Waals surface area contributed by atoms with Gasteiger partial charge in [-0.05, 0) is 53.6 Å². The number of hydrogen-bond donors (Lipinski definition) is 1. The van der Waals surface area contributed by atoms with Gasteiger partial charge in [-0.2, -0.15) is 22.3 Å². The molecule has 0 amide bonds. The summed E-state index contributed by atoms with van der Waals surface area (Å²) in [5, 5.41) is 0.231. The summed E-state index contributed by atoms with van der Waals surface area (Å²) >= 11 is 6.02. The molecule has 0 radical (unpaired) electrons. The van der Waals surface area contributed by atoms with Gasteiger partial charge in [0.05, 0.1) is 15.6 Å². The number of nitrogens with zero attached hydrogens (tertiary/aromatic N) is 1. The van der Waals surface area contributed by atoms with Gasteiger partial charge in [0.25, 0.3) is 0 Å². The van der Waals surface area contributed by atoms with Crippen molar-refractivity contribution in [2.24, 2.45) is 0 Å². The zero-order valence-electron chi connectivity index (χ0n) is 19.9. The highest BCUT2D eigenvalue weighted by molar-refractivity contribution is 7.89. The molecule has 5 nitrogen and oxygen atoms in total. The normalized spacial score (nSPS) is 13.7. The van der Waals surface area contributed by atoms with Gasteiger partial charge in [0.15, 0.2) is 0 Å². The first-order valence-corrected chi connectivity index (χ1v) is 13.2. The molecular formula is C27H20ClF5N2O3S. The molecule has 0 saturated heterocycles. The molecule has 0 spiro atoms. The average molecular weight is 583 g/mol. The number of aromatic nitrogens is 1. The van der Waals surface area contributed by atoms with Crippen LogP contribution in [0, 0.1) is 5.82 Å². The van der Waals surface area contributed by atoms with E-state index in [1.807, 2.05) is 0 Å². The molecule has 0 aliphatic heterocycles. The molecule has 1 aromatic heterocycles. The van der Waals surface area contributed by atoms with Crippen molar-refractivity contribution in [1.29, 1.82) is 0 Å². The molecule has 4 rings (SSSR count). The first-order chi connectivity index (χ1) is 18.4. The molecular weight excluding hydrogens is 563 g/mol. The fourth-order valence-corrected chi connectivity index (χ4v) is 5.48. The molecule has 0 unspecified atom stereocenters. The Labute approximate surface area is 226 Å². The lowest BCUT2D eigenvalue weighted by molar-refractivity contribution is -0.253. The van der Waals surface area contributed by atoms with E-state index in [4.69, 9.17) is 11.6 Å². The molecule has 1 N–H and O–H groups in total. The smallest absolute Gasteiger partial charge is 0.428 e. The van der Waals surface area contributed by atoms with Gasteiger partial charge in [-0.3, -0.25) is 4.98 Å². The van der Waals surface area contributed by atoms with Gasteiger partial charge in [0, 0.05) is 12.6 Å². The van der Waals surface area contributed by atoms with Crippen LogP contribution < -0.4 is 9.46 Å². The monoisotopic (exact) mass is 582 g/mol. The molecule has 0 aliphatic rings. The third-order valence-electron chi connectivity index (χ3n) is 5.73. The van der Waals surface area contributed by atoms with Crippen LogP contribution in [0.3, 0.4) is 0 Å². The maximum Gasteiger partial charge on any atom is 0.461 e. The van der Waals surface area contributed by atoms with Crippen LogP contribution in [-0.4, -0.2) is 25.9 Å². The Kier molecular flexibility index (Phi) is 8.24. The number of sulfonamides is 1. The van der Waals surface area contributed by atoms with E-state index in [0.29, 0.717) is 5.56 Å². The van der Waals surface area contributed by atoms with Crippen LogP contribution in [0.1, 0.15) is 16.8 Å². The molecule has 3 aromatic carbocycles. The number of pyridine rings is 1. The minimum atomic E-state index is -4.81. The minimum Gasteiger partial charge on any atom is -0.428 e. The lowest BCUT2D eigenvalue weighted by Gasteiger charge is -2.35. The first-order valence-electron chi connectivity index (χ1n) is 11.3. The third-order valence-corrected chi connectivity index (χ3v) is 7.44. The van der Waals surface area contributed by atoms with E-state index in [1.165, 1.54) is 42.6 Å². The summed E-state index contributed by atoms with van der Waals surface area (Å²) in [5.41, 5.74) is -1.10. The molecule has 0 saturated carbocycles. The molecule has 0 aliphatic carbocycles. The highest BCUT2D eigenvalue weighted by atomic mass is 35.5. The van der Waals surface area contributed by atoms with Crippen LogP contribution in [0.5, 0.6) is 5.75 Å². The topological polar surface area (TPSA) is 68.3 Å². The van der Waals surface area contributed by atoms with Gasteiger partial charge in [-0.1, -0.05) is 60.1 Å². The van der Waals surface area contributed by atoms with Crippen molar-refractivity contribution in [2.45, 2.75) is 29.4 Å². The summed E-state index contributed by atoms with van der Waals surface area (Å²) in [4.78, 5) is 3.90. The average Bonchev–Trinajstić information content (AvgIpc) is 2.89. The zero-order valence-corrected chi connectivity index (χ0v) is 21.4. The summed E-state index contributed by atoms with van der Waals surface area (Å²) in [6.45, 7) is 0. The van der Waals surface area contributed by atoms with Crippen LogP contribution in [0.4, 0.5) is 22.0 Å². The summed E-state index contributed by atoms with van der Waals surface area (Å²) in [6.07, 6.45) is -7.77. The lowest BCUT2D eigenvalue weighted by Crippen LogP contribution is -2.49. The fourth-order valence-electron chi connectivity index (χ4n) is 3.97. The van der Waals surface area contributed by atoms with E-state index in [0.717, 1.165) is 24.3 Å². The van der Waals surface area contributed by atoms with Gasteiger partial charge >= 0.3 is 12.5 Å². The molecule has 204 valence electrons. The Morgan fingerprint density at radius 2 is 1.64 bits per heavy atom. The number of alkyl halides is 4. The van der Waals surface area contributed by atoms with Crippen molar-refractivity contribution < 1.29 is 35.1 Å². The standard InChI is InChI=1S/C27H20ClF5N2O3S/c28-20-12-13-24(34-17-20)26(16-18-6-2-1-3-7-18,35-39(36,37)23-11-5-9-21(29)15-23)19-8-4-10-22(14-19)38-27(32,33)25(30)31/h1-15,17,25,35H,16H2/t26-/m0/s1.